The number of aromatic nitrogens is 1. The van der Waals surface area contributed by atoms with Crippen molar-refractivity contribution in [2.24, 2.45) is 5.92 Å². The first-order valence-corrected chi connectivity index (χ1v) is 5.57. The van der Waals surface area contributed by atoms with Crippen molar-refractivity contribution in [1.82, 2.24) is 10.3 Å². The van der Waals surface area contributed by atoms with Crippen molar-refractivity contribution in [2.45, 2.75) is 13.5 Å². The van der Waals surface area contributed by atoms with Gasteiger partial charge in [0.15, 0.2) is 0 Å². The summed E-state index contributed by atoms with van der Waals surface area (Å²) in [4.78, 5) is 17.5. The first-order chi connectivity index (χ1) is 8.08. The smallest absolute Gasteiger partial charge is 0.224 e. The summed E-state index contributed by atoms with van der Waals surface area (Å²) in [6.45, 7) is 2.47. The van der Waals surface area contributed by atoms with Gasteiger partial charge in [-0.3, -0.25) is 4.79 Å². The molecule has 0 aliphatic carbocycles. The number of pyridine rings is 1. The molecule has 0 saturated heterocycles. The number of carbonyl (C=O) groups excluding carboxylic acids is 1. The largest absolute Gasteiger partial charge is 0.392 e. The van der Waals surface area contributed by atoms with Gasteiger partial charge in [-0.2, -0.15) is 0 Å². The van der Waals surface area contributed by atoms with Crippen molar-refractivity contribution in [3.63, 3.8) is 0 Å². The molecular weight excluding hydrogens is 218 g/mol. The van der Waals surface area contributed by atoms with Gasteiger partial charge in [-0.05, 0) is 11.6 Å². The maximum Gasteiger partial charge on any atom is 0.224 e. The number of nitrogens with one attached hydrogen (secondary N) is 1. The van der Waals surface area contributed by atoms with Gasteiger partial charge in [-0.15, -0.1) is 0 Å². The molecule has 1 aromatic heterocycles. The average Bonchev–Trinajstić information content (AvgIpc) is 2.37. The van der Waals surface area contributed by atoms with E-state index in [0.29, 0.717) is 6.54 Å². The van der Waals surface area contributed by atoms with Gasteiger partial charge in [-0.1, -0.05) is 13.0 Å². The number of rotatable bonds is 5. The molecule has 2 N–H and O–H groups in total. The summed E-state index contributed by atoms with van der Waals surface area (Å²) in [5.41, 5.74) is 0.779. The lowest BCUT2D eigenvalue weighted by atomic mass is 10.1. The summed E-state index contributed by atoms with van der Waals surface area (Å²) < 4.78 is 0. The van der Waals surface area contributed by atoms with E-state index in [0.717, 1.165) is 11.4 Å². The highest BCUT2D eigenvalue weighted by molar-refractivity contribution is 5.78. The highest BCUT2D eigenvalue weighted by Crippen LogP contribution is 2.11. The van der Waals surface area contributed by atoms with E-state index in [9.17, 15) is 4.79 Å². The van der Waals surface area contributed by atoms with Gasteiger partial charge in [-0.25, -0.2) is 4.98 Å². The second kappa shape index (κ2) is 6.20. The summed E-state index contributed by atoms with van der Waals surface area (Å²) in [6.07, 6.45) is 1.64. The molecule has 1 unspecified atom stereocenters. The number of aliphatic hydroxyl groups is 1. The van der Waals surface area contributed by atoms with E-state index in [4.69, 9.17) is 5.11 Å². The van der Waals surface area contributed by atoms with Crippen molar-refractivity contribution in [2.75, 3.05) is 25.5 Å². The molecule has 1 atom stereocenters. The molecule has 0 fully saturated rings. The van der Waals surface area contributed by atoms with Crippen LogP contribution in [0.15, 0.2) is 18.3 Å². The van der Waals surface area contributed by atoms with Gasteiger partial charge in [0.25, 0.3) is 0 Å². The number of amides is 1. The Bertz CT molecular complexity index is 365. The van der Waals surface area contributed by atoms with E-state index in [1.807, 2.05) is 31.0 Å². The van der Waals surface area contributed by atoms with Crippen LogP contribution in [0.1, 0.15) is 12.5 Å². The molecule has 1 amide bonds. The van der Waals surface area contributed by atoms with E-state index in [-0.39, 0.29) is 18.4 Å². The fraction of sp³-hybridized carbons (Fsp3) is 0.500. The summed E-state index contributed by atoms with van der Waals surface area (Å²) in [6, 6.07) is 3.66. The highest BCUT2D eigenvalue weighted by Gasteiger charge is 2.14. The molecule has 0 bridgehead atoms. The first-order valence-electron chi connectivity index (χ1n) is 5.57. The normalized spacial score (nSPS) is 12.0. The maximum absolute atomic E-state index is 11.4. The van der Waals surface area contributed by atoms with Crippen LogP contribution < -0.4 is 10.2 Å². The quantitative estimate of drug-likeness (QED) is 0.777. The number of aliphatic hydroxyl groups excluding tert-OH is 1. The summed E-state index contributed by atoms with van der Waals surface area (Å²) in [5.74, 6) is 0.714. The topological polar surface area (TPSA) is 65.5 Å². The van der Waals surface area contributed by atoms with Gasteiger partial charge < -0.3 is 15.3 Å². The molecule has 5 heteroatoms. The fourth-order valence-electron chi connectivity index (χ4n) is 1.57. The molecule has 1 rings (SSSR count). The fourth-order valence-corrected chi connectivity index (χ4v) is 1.57. The first kappa shape index (κ1) is 13.4. The predicted octanol–water partition coefficient (Wildman–Crippen LogP) is 0.392. The van der Waals surface area contributed by atoms with Crippen LogP contribution >= 0.6 is 0 Å². The van der Waals surface area contributed by atoms with Crippen molar-refractivity contribution in [1.29, 1.82) is 0 Å². The number of hydrogen-bond donors (Lipinski definition) is 2. The molecule has 0 aromatic carbocycles. The maximum atomic E-state index is 11.4. The lowest BCUT2D eigenvalue weighted by Crippen LogP contribution is -2.34. The minimum absolute atomic E-state index is 0.00830. The van der Waals surface area contributed by atoms with Crippen molar-refractivity contribution >= 4 is 11.7 Å². The van der Waals surface area contributed by atoms with Crippen LogP contribution in [0.5, 0.6) is 0 Å². The Morgan fingerprint density at radius 2 is 2.29 bits per heavy atom. The molecule has 0 aliphatic heterocycles. The Labute approximate surface area is 101 Å². The van der Waals surface area contributed by atoms with Crippen LogP contribution in [-0.2, 0) is 11.4 Å². The molecule has 0 spiro atoms. The van der Waals surface area contributed by atoms with E-state index in [1.54, 1.807) is 13.2 Å². The number of anilines is 1. The van der Waals surface area contributed by atoms with Crippen LogP contribution in [0.4, 0.5) is 5.82 Å². The minimum Gasteiger partial charge on any atom is -0.392 e. The number of hydrogen-bond acceptors (Lipinski definition) is 4. The monoisotopic (exact) mass is 237 g/mol. The van der Waals surface area contributed by atoms with Gasteiger partial charge in [0.2, 0.25) is 5.91 Å². The van der Waals surface area contributed by atoms with Crippen LogP contribution in [0.25, 0.3) is 0 Å². The molecule has 0 saturated carbocycles. The Hall–Kier alpha value is -1.62. The average molecular weight is 237 g/mol. The molecular formula is C12H19N3O2. The Morgan fingerprint density at radius 1 is 1.59 bits per heavy atom. The van der Waals surface area contributed by atoms with E-state index in [1.165, 1.54) is 0 Å². The molecule has 17 heavy (non-hydrogen) atoms. The van der Waals surface area contributed by atoms with Gasteiger partial charge in [0, 0.05) is 26.8 Å². The molecule has 1 aromatic rings. The Balaban J connectivity index is 2.62. The van der Waals surface area contributed by atoms with Crippen molar-refractivity contribution in [3.8, 4) is 0 Å². The van der Waals surface area contributed by atoms with Gasteiger partial charge >= 0.3 is 0 Å². The third-order valence-electron chi connectivity index (χ3n) is 2.62. The lowest BCUT2D eigenvalue weighted by molar-refractivity contribution is -0.123. The zero-order valence-electron chi connectivity index (χ0n) is 10.5. The molecule has 1 heterocycles. The second-order valence-electron chi connectivity index (χ2n) is 4.08. The molecule has 5 nitrogen and oxygen atoms in total. The minimum atomic E-state index is -0.0932. The lowest BCUT2D eigenvalue weighted by Gasteiger charge is -2.21. The zero-order valence-corrected chi connectivity index (χ0v) is 10.5. The van der Waals surface area contributed by atoms with Crippen LogP contribution in [0.3, 0.4) is 0 Å². The standard InChI is InChI=1S/C12H19N3O2/c1-9(12(17)13-2)7-15(3)11-5-4-10(8-16)6-14-11/h4-6,9,16H,7-8H2,1-3H3,(H,13,17). The van der Waals surface area contributed by atoms with Crippen molar-refractivity contribution < 1.29 is 9.90 Å². The van der Waals surface area contributed by atoms with Crippen LogP contribution in [-0.4, -0.2) is 36.6 Å². The summed E-state index contributed by atoms with van der Waals surface area (Å²) in [7, 11) is 3.52. The van der Waals surface area contributed by atoms with Crippen molar-refractivity contribution in [3.05, 3.63) is 23.9 Å². The zero-order chi connectivity index (χ0) is 12.8. The Morgan fingerprint density at radius 3 is 2.76 bits per heavy atom. The third-order valence-corrected chi connectivity index (χ3v) is 2.62. The SMILES string of the molecule is CNC(=O)C(C)CN(C)c1ccc(CO)cn1. The number of nitrogens with zero attached hydrogens (tertiary/aromatic N) is 2. The second-order valence-corrected chi connectivity index (χ2v) is 4.08. The third kappa shape index (κ3) is 3.71. The van der Waals surface area contributed by atoms with E-state index in [2.05, 4.69) is 10.3 Å². The van der Waals surface area contributed by atoms with E-state index < -0.39 is 0 Å². The van der Waals surface area contributed by atoms with Crippen LogP contribution in [0, 0.1) is 5.92 Å². The molecule has 0 radical (unpaired) electrons. The molecule has 0 aliphatic rings. The van der Waals surface area contributed by atoms with Gasteiger partial charge in [0.05, 0.1) is 12.5 Å². The summed E-state index contributed by atoms with van der Waals surface area (Å²) >= 11 is 0. The highest BCUT2D eigenvalue weighted by atomic mass is 16.3. The Kier molecular flexibility index (Phi) is 4.90. The van der Waals surface area contributed by atoms with Gasteiger partial charge in [0.1, 0.15) is 5.82 Å². The number of carbonyl (C=O) groups is 1. The van der Waals surface area contributed by atoms with Crippen LogP contribution in [0.2, 0.25) is 0 Å². The predicted molar refractivity (Wildman–Crippen MR) is 66.7 cm³/mol. The summed E-state index contributed by atoms with van der Waals surface area (Å²) in [5, 5.41) is 11.5. The molecule has 94 valence electrons. The van der Waals surface area contributed by atoms with E-state index >= 15 is 0 Å².